The number of hydrogen-bond acceptors (Lipinski definition) is 3. The zero-order chi connectivity index (χ0) is 17.1. The first-order valence-corrected chi connectivity index (χ1v) is 9.03. The number of rotatable bonds is 4. The number of carbonyl (C=O) groups is 2. The molecule has 2 aliphatic heterocycles. The predicted molar refractivity (Wildman–Crippen MR) is 93.7 cm³/mol. The van der Waals surface area contributed by atoms with E-state index in [0.717, 1.165) is 57.3 Å². The summed E-state index contributed by atoms with van der Waals surface area (Å²) >= 11 is 0. The third kappa shape index (κ3) is 3.46. The van der Waals surface area contributed by atoms with Gasteiger partial charge in [0.25, 0.3) is 5.91 Å². The first kappa shape index (κ1) is 17.0. The number of benzene rings is 1. The van der Waals surface area contributed by atoms with Gasteiger partial charge in [-0.2, -0.15) is 0 Å². The van der Waals surface area contributed by atoms with Crippen LogP contribution in [0.25, 0.3) is 0 Å². The molecular weight excluding hydrogens is 302 g/mol. The second-order valence-corrected chi connectivity index (χ2v) is 6.87. The van der Waals surface area contributed by atoms with Crippen molar-refractivity contribution in [3.8, 4) is 0 Å². The van der Waals surface area contributed by atoms with E-state index in [9.17, 15) is 9.59 Å². The highest BCUT2D eigenvalue weighted by atomic mass is 16.2. The minimum Gasteiger partial charge on any atom is -0.368 e. The fraction of sp³-hybridized carbons (Fsp3) is 0.579. The lowest BCUT2D eigenvalue weighted by Crippen LogP contribution is -2.51. The molecule has 0 radical (unpaired) electrons. The van der Waals surface area contributed by atoms with E-state index >= 15 is 0 Å². The Kier molecular flexibility index (Phi) is 5.19. The third-order valence-electron chi connectivity index (χ3n) is 5.45. The number of aryl methyl sites for hydroxylation is 1. The van der Waals surface area contributed by atoms with Gasteiger partial charge in [-0.25, -0.2) is 0 Å². The number of likely N-dealkylation sites (tertiary alicyclic amines) is 2. The molecule has 1 aromatic carbocycles. The first-order valence-electron chi connectivity index (χ1n) is 9.03. The van der Waals surface area contributed by atoms with E-state index in [0.29, 0.717) is 6.04 Å². The Morgan fingerprint density at radius 3 is 2.33 bits per heavy atom. The molecule has 0 unspecified atom stereocenters. The van der Waals surface area contributed by atoms with Gasteiger partial charge in [0.1, 0.15) is 0 Å². The van der Waals surface area contributed by atoms with Crippen molar-refractivity contribution < 1.29 is 9.59 Å². The van der Waals surface area contributed by atoms with Crippen molar-refractivity contribution in [2.45, 2.75) is 51.1 Å². The van der Waals surface area contributed by atoms with Gasteiger partial charge in [-0.3, -0.25) is 14.5 Å². The van der Waals surface area contributed by atoms with Crippen LogP contribution in [-0.4, -0.2) is 53.3 Å². The summed E-state index contributed by atoms with van der Waals surface area (Å²) in [7, 11) is 0. The Balaban J connectivity index is 1.58. The van der Waals surface area contributed by atoms with Gasteiger partial charge in [-0.1, -0.05) is 19.1 Å². The van der Waals surface area contributed by atoms with E-state index in [1.54, 1.807) is 0 Å². The summed E-state index contributed by atoms with van der Waals surface area (Å²) in [6.07, 6.45) is 4.73. The summed E-state index contributed by atoms with van der Waals surface area (Å²) in [5.74, 6) is -0.0917. The van der Waals surface area contributed by atoms with Crippen molar-refractivity contribution >= 4 is 11.8 Å². The number of nitrogens with two attached hydrogens (primary N) is 1. The zero-order valence-corrected chi connectivity index (χ0v) is 14.4. The molecule has 2 aliphatic rings. The van der Waals surface area contributed by atoms with Gasteiger partial charge >= 0.3 is 0 Å². The van der Waals surface area contributed by atoms with Crippen molar-refractivity contribution in [1.82, 2.24) is 9.80 Å². The normalized spacial score (nSPS) is 22.7. The van der Waals surface area contributed by atoms with E-state index in [1.165, 1.54) is 5.56 Å². The molecule has 0 spiro atoms. The van der Waals surface area contributed by atoms with Crippen LogP contribution in [0.1, 0.15) is 48.5 Å². The Hall–Kier alpha value is -1.88. The standard InChI is InChI=1S/C19H27N3O2/c1-2-14-5-7-15(8-6-14)19(24)21-12-9-16(10-13-21)22-11-3-4-17(22)18(20)23/h5-8,16-17H,2-4,9-13H2,1H3,(H2,20,23)/t17-/m1/s1. The zero-order valence-electron chi connectivity index (χ0n) is 14.4. The Morgan fingerprint density at radius 1 is 1.08 bits per heavy atom. The van der Waals surface area contributed by atoms with Crippen molar-refractivity contribution in [2.75, 3.05) is 19.6 Å². The highest BCUT2D eigenvalue weighted by Gasteiger charge is 2.36. The smallest absolute Gasteiger partial charge is 0.253 e. The molecule has 1 atom stereocenters. The maximum absolute atomic E-state index is 12.6. The van der Waals surface area contributed by atoms with Crippen LogP contribution in [-0.2, 0) is 11.2 Å². The Morgan fingerprint density at radius 2 is 1.75 bits per heavy atom. The summed E-state index contributed by atoms with van der Waals surface area (Å²) in [5.41, 5.74) is 7.54. The summed E-state index contributed by atoms with van der Waals surface area (Å²) < 4.78 is 0. The topological polar surface area (TPSA) is 66.6 Å². The van der Waals surface area contributed by atoms with Crippen LogP contribution in [0.5, 0.6) is 0 Å². The number of amides is 2. The van der Waals surface area contributed by atoms with Gasteiger partial charge in [0, 0.05) is 24.7 Å². The van der Waals surface area contributed by atoms with E-state index in [2.05, 4.69) is 11.8 Å². The van der Waals surface area contributed by atoms with Crippen molar-refractivity contribution in [3.05, 3.63) is 35.4 Å². The molecule has 3 rings (SSSR count). The average Bonchev–Trinajstić information content (AvgIpc) is 3.11. The van der Waals surface area contributed by atoms with Crippen LogP contribution >= 0.6 is 0 Å². The molecule has 24 heavy (non-hydrogen) atoms. The fourth-order valence-corrected chi connectivity index (χ4v) is 4.00. The second kappa shape index (κ2) is 7.34. The monoisotopic (exact) mass is 329 g/mol. The highest BCUT2D eigenvalue weighted by Crippen LogP contribution is 2.26. The molecule has 5 heteroatoms. The van der Waals surface area contributed by atoms with E-state index < -0.39 is 0 Å². The minimum absolute atomic E-state index is 0.112. The lowest BCUT2D eigenvalue weighted by Gasteiger charge is -2.38. The fourth-order valence-electron chi connectivity index (χ4n) is 4.00. The third-order valence-corrected chi connectivity index (χ3v) is 5.45. The summed E-state index contributed by atoms with van der Waals surface area (Å²) in [6.45, 7) is 4.56. The van der Waals surface area contributed by atoms with E-state index in [-0.39, 0.29) is 17.9 Å². The first-order chi connectivity index (χ1) is 11.6. The number of nitrogens with zero attached hydrogens (tertiary/aromatic N) is 2. The van der Waals surface area contributed by atoms with Gasteiger partial charge in [0.05, 0.1) is 6.04 Å². The Bertz CT molecular complexity index is 591. The average molecular weight is 329 g/mol. The minimum atomic E-state index is -0.206. The number of carbonyl (C=O) groups excluding carboxylic acids is 2. The van der Waals surface area contributed by atoms with Crippen molar-refractivity contribution in [1.29, 1.82) is 0 Å². The molecular formula is C19H27N3O2. The summed E-state index contributed by atoms with van der Waals surface area (Å²) in [6, 6.07) is 8.17. The molecule has 2 heterocycles. The van der Waals surface area contributed by atoms with Gasteiger partial charge in [-0.05, 0) is 56.3 Å². The maximum atomic E-state index is 12.6. The summed E-state index contributed by atoms with van der Waals surface area (Å²) in [4.78, 5) is 28.4. The summed E-state index contributed by atoms with van der Waals surface area (Å²) in [5, 5.41) is 0. The predicted octanol–water partition coefficient (Wildman–Crippen LogP) is 1.80. The molecule has 130 valence electrons. The van der Waals surface area contributed by atoms with Gasteiger partial charge in [0.2, 0.25) is 5.91 Å². The molecule has 0 aromatic heterocycles. The molecule has 5 nitrogen and oxygen atoms in total. The van der Waals surface area contributed by atoms with E-state index in [1.807, 2.05) is 29.2 Å². The second-order valence-electron chi connectivity index (χ2n) is 6.87. The lowest BCUT2D eigenvalue weighted by molar-refractivity contribution is -0.123. The molecule has 2 amide bonds. The molecule has 2 saturated heterocycles. The highest BCUT2D eigenvalue weighted by molar-refractivity contribution is 5.94. The molecule has 2 fully saturated rings. The van der Waals surface area contributed by atoms with Crippen LogP contribution in [0, 0.1) is 0 Å². The molecule has 0 bridgehead atoms. The molecule has 1 aromatic rings. The quantitative estimate of drug-likeness (QED) is 0.916. The van der Waals surface area contributed by atoms with Crippen LogP contribution in [0.3, 0.4) is 0 Å². The van der Waals surface area contributed by atoms with Crippen LogP contribution < -0.4 is 5.73 Å². The Labute approximate surface area is 143 Å². The van der Waals surface area contributed by atoms with E-state index in [4.69, 9.17) is 5.73 Å². The van der Waals surface area contributed by atoms with Crippen LogP contribution in [0.2, 0.25) is 0 Å². The SMILES string of the molecule is CCc1ccc(C(=O)N2CCC(N3CCC[C@@H]3C(N)=O)CC2)cc1. The lowest BCUT2D eigenvalue weighted by atomic mass is 10.0. The maximum Gasteiger partial charge on any atom is 0.253 e. The number of hydrogen-bond donors (Lipinski definition) is 1. The molecule has 2 N–H and O–H groups in total. The number of piperidine rings is 1. The number of primary amides is 1. The van der Waals surface area contributed by atoms with Gasteiger partial charge < -0.3 is 10.6 Å². The van der Waals surface area contributed by atoms with Gasteiger partial charge in [0.15, 0.2) is 0 Å². The largest absolute Gasteiger partial charge is 0.368 e. The van der Waals surface area contributed by atoms with Gasteiger partial charge in [-0.15, -0.1) is 0 Å². The van der Waals surface area contributed by atoms with Crippen LogP contribution in [0.4, 0.5) is 0 Å². The molecule has 0 aliphatic carbocycles. The van der Waals surface area contributed by atoms with Crippen molar-refractivity contribution in [3.63, 3.8) is 0 Å². The van der Waals surface area contributed by atoms with Crippen molar-refractivity contribution in [2.24, 2.45) is 5.73 Å². The van der Waals surface area contributed by atoms with Crippen LogP contribution in [0.15, 0.2) is 24.3 Å². The molecule has 0 saturated carbocycles.